The number of nitro groups is 1. The summed E-state index contributed by atoms with van der Waals surface area (Å²) < 4.78 is 17.9. The standard InChI is InChI=1S/C28H29N3O7S/c1-4-5-14-37-21-12-10-19(11-13-21)25-24(27(33)38-16-15-36-3)18(2)29-28-30(25)26(32)23(39-28)17-20-8-6-7-9-22(20)31(34)35/h6-13,17,25H,4-5,14-16H2,1-3H3/b23-17-. The molecule has 3 aromatic rings. The predicted molar refractivity (Wildman–Crippen MR) is 147 cm³/mol. The van der Waals surface area contributed by atoms with Gasteiger partial charge in [-0.25, -0.2) is 9.79 Å². The van der Waals surface area contributed by atoms with Crippen molar-refractivity contribution < 1.29 is 23.9 Å². The van der Waals surface area contributed by atoms with Crippen LogP contribution in [0, 0.1) is 10.1 Å². The number of allylic oxidation sites excluding steroid dienone is 1. The second-order valence-corrected chi connectivity index (χ2v) is 9.81. The Morgan fingerprint density at radius 3 is 2.59 bits per heavy atom. The third kappa shape index (κ3) is 6.15. The van der Waals surface area contributed by atoms with Gasteiger partial charge < -0.3 is 14.2 Å². The van der Waals surface area contributed by atoms with Crippen LogP contribution in [0.3, 0.4) is 0 Å². The Kier molecular flexibility index (Phi) is 9.05. The van der Waals surface area contributed by atoms with Gasteiger partial charge in [0.25, 0.3) is 11.2 Å². The van der Waals surface area contributed by atoms with Crippen LogP contribution in [-0.4, -0.2) is 42.4 Å². The number of unbranched alkanes of at least 4 members (excludes halogenated alkanes) is 1. The van der Waals surface area contributed by atoms with E-state index < -0.39 is 22.5 Å². The summed E-state index contributed by atoms with van der Waals surface area (Å²) in [6.07, 6.45) is 3.43. The van der Waals surface area contributed by atoms with Crippen LogP contribution in [0.5, 0.6) is 5.75 Å². The molecule has 4 rings (SSSR count). The molecule has 10 nitrogen and oxygen atoms in total. The Labute approximate surface area is 228 Å². The topological polar surface area (TPSA) is 122 Å². The van der Waals surface area contributed by atoms with E-state index in [1.54, 1.807) is 37.3 Å². The quantitative estimate of drug-likeness (QED) is 0.155. The van der Waals surface area contributed by atoms with Gasteiger partial charge in [0.2, 0.25) is 0 Å². The first kappa shape index (κ1) is 27.9. The van der Waals surface area contributed by atoms with Crippen LogP contribution in [0.2, 0.25) is 0 Å². The van der Waals surface area contributed by atoms with Gasteiger partial charge in [0.15, 0.2) is 4.80 Å². The minimum atomic E-state index is -0.811. The normalized spacial score (nSPS) is 15.1. The molecule has 0 aliphatic carbocycles. The first-order chi connectivity index (χ1) is 18.8. The number of ether oxygens (including phenoxy) is 3. The van der Waals surface area contributed by atoms with Crippen molar-refractivity contribution in [1.82, 2.24) is 4.57 Å². The highest BCUT2D eigenvalue weighted by atomic mass is 32.1. The molecule has 2 aromatic carbocycles. The van der Waals surface area contributed by atoms with Crippen molar-refractivity contribution in [1.29, 1.82) is 0 Å². The van der Waals surface area contributed by atoms with Crippen molar-refractivity contribution in [3.8, 4) is 5.75 Å². The molecule has 1 unspecified atom stereocenters. The van der Waals surface area contributed by atoms with Gasteiger partial charge in [-0.3, -0.25) is 19.5 Å². The molecule has 1 aliphatic heterocycles. The molecule has 1 atom stereocenters. The van der Waals surface area contributed by atoms with Gasteiger partial charge in [-0.2, -0.15) is 0 Å². The number of nitro benzene ring substituents is 1. The molecule has 0 fully saturated rings. The summed E-state index contributed by atoms with van der Waals surface area (Å²) in [6.45, 7) is 4.64. The fourth-order valence-electron chi connectivity index (χ4n) is 4.19. The SMILES string of the molecule is CCCCOc1ccc(C2C(C(=O)OCCOC)=C(C)N=c3s/c(=C\c4ccccc4[N+](=O)[O-])c(=O)n32)cc1. The number of carbonyl (C=O) groups is 1. The summed E-state index contributed by atoms with van der Waals surface area (Å²) in [6, 6.07) is 12.6. The molecule has 0 radical (unpaired) electrons. The zero-order valence-corrected chi connectivity index (χ0v) is 22.7. The van der Waals surface area contributed by atoms with Crippen LogP contribution in [0.25, 0.3) is 6.08 Å². The van der Waals surface area contributed by atoms with E-state index in [4.69, 9.17) is 14.2 Å². The molecule has 0 spiro atoms. The van der Waals surface area contributed by atoms with Crippen LogP contribution in [0.15, 0.2) is 69.6 Å². The fraction of sp³-hybridized carbons (Fsp3) is 0.321. The largest absolute Gasteiger partial charge is 0.494 e. The minimum Gasteiger partial charge on any atom is -0.494 e. The molecule has 0 saturated heterocycles. The second kappa shape index (κ2) is 12.6. The number of para-hydroxylation sites is 1. The number of thiazole rings is 1. The van der Waals surface area contributed by atoms with Crippen LogP contribution >= 0.6 is 11.3 Å². The van der Waals surface area contributed by atoms with E-state index in [0.29, 0.717) is 34.0 Å². The van der Waals surface area contributed by atoms with Gasteiger partial charge in [0.05, 0.1) is 45.5 Å². The Morgan fingerprint density at radius 2 is 1.90 bits per heavy atom. The molecule has 0 N–H and O–H groups in total. The van der Waals surface area contributed by atoms with Gasteiger partial charge in [0.1, 0.15) is 12.4 Å². The van der Waals surface area contributed by atoms with E-state index in [-0.39, 0.29) is 29.0 Å². The number of hydrogen-bond acceptors (Lipinski definition) is 9. The Balaban J connectivity index is 1.84. The zero-order valence-electron chi connectivity index (χ0n) is 21.9. The number of methoxy groups -OCH3 is 1. The molecular weight excluding hydrogens is 522 g/mol. The van der Waals surface area contributed by atoms with Gasteiger partial charge in [0, 0.05) is 13.2 Å². The summed E-state index contributed by atoms with van der Waals surface area (Å²) in [5.41, 5.74) is 1.09. The van der Waals surface area contributed by atoms with Crippen molar-refractivity contribution in [3.05, 3.63) is 101 Å². The summed E-state index contributed by atoms with van der Waals surface area (Å²) in [4.78, 5) is 42.9. The molecule has 0 bridgehead atoms. The lowest BCUT2D eigenvalue weighted by molar-refractivity contribution is -0.385. The molecule has 204 valence electrons. The number of benzene rings is 2. The van der Waals surface area contributed by atoms with Crippen molar-refractivity contribution in [2.75, 3.05) is 26.9 Å². The number of rotatable bonds is 11. The van der Waals surface area contributed by atoms with Crippen LogP contribution in [0.4, 0.5) is 5.69 Å². The third-order valence-corrected chi connectivity index (χ3v) is 7.13. The lowest BCUT2D eigenvalue weighted by Crippen LogP contribution is -2.40. The molecule has 11 heteroatoms. The lowest BCUT2D eigenvalue weighted by atomic mass is 9.96. The van der Waals surface area contributed by atoms with E-state index in [2.05, 4.69) is 11.9 Å². The van der Waals surface area contributed by atoms with E-state index in [1.807, 2.05) is 12.1 Å². The summed E-state index contributed by atoms with van der Waals surface area (Å²) in [5.74, 6) is 0.0791. The molecule has 0 saturated carbocycles. The fourth-order valence-corrected chi connectivity index (χ4v) is 5.23. The Bertz CT molecular complexity index is 1570. The lowest BCUT2D eigenvalue weighted by Gasteiger charge is -2.25. The maximum Gasteiger partial charge on any atom is 0.338 e. The van der Waals surface area contributed by atoms with Crippen LogP contribution < -0.4 is 19.6 Å². The summed E-state index contributed by atoms with van der Waals surface area (Å²) in [7, 11) is 1.51. The molecule has 1 aliphatic rings. The van der Waals surface area contributed by atoms with Gasteiger partial charge in [-0.1, -0.05) is 48.9 Å². The van der Waals surface area contributed by atoms with E-state index in [1.165, 1.54) is 23.8 Å². The first-order valence-electron chi connectivity index (χ1n) is 12.5. The highest BCUT2D eigenvalue weighted by Gasteiger charge is 2.33. The summed E-state index contributed by atoms with van der Waals surface area (Å²) in [5, 5.41) is 11.5. The monoisotopic (exact) mass is 551 g/mol. The van der Waals surface area contributed by atoms with Gasteiger partial charge in [-0.05, 0) is 43.2 Å². The minimum absolute atomic E-state index is 0.0468. The number of esters is 1. The first-order valence-corrected chi connectivity index (χ1v) is 13.3. The average Bonchev–Trinajstić information content (AvgIpc) is 3.22. The maximum absolute atomic E-state index is 13.8. The van der Waals surface area contributed by atoms with Crippen molar-refractivity contribution in [2.24, 2.45) is 4.99 Å². The molecule has 0 amide bonds. The van der Waals surface area contributed by atoms with Crippen molar-refractivity contribution >= 4 is 29.1 Å². The van der Waals surface area contributed by atoms with E-state index in [0.717, 1.165) is 24.2 Å². The Morgan fingerprint density at radius 1 is 1.15 bits per heavy atom. The Hall–Kier alpha value is -4.09. The number of aromatic nitrogens is 1. The predicted octanol–water partition coefficient (Wildman–Crippen LogP) is 3.51. The van der Waals surface area contributed by atoms with E-state index >= 15 is 0 Å². The average molecular weight is 552 g/mol. The maximum atomic E-state index is 13.8. The molecular formula is C28H29N3O7S. The van der Waals surface area contributed by atoms with E-state index in [9.17, 15) is 19.7 Å². The number of hydrogen-bond donors (Lipinski definition) is 0. The number of nitrogens with zero attached hydrogens (tertiary/aromatic N) is 3. The molecule has 39 heavy (non-hydrogen) atoms. The highest BCUT2D eigenvalue weighted by molar-refractivity contribution is 7.07. The highest BCUT2D eigenvalue weighted by Crippen LogP contribution is 2.31. The third-order valence-electron chi connectivity index (χ3n) is 6.14. The molecule has 1 aromatic heterocycles. The van der Waals surface area contributed by atoms with Crippen molar-refractivity contribution in [3.63, 3.8) is 0 Å². The smallest absolute Gasteiger partial charge is 0.338 e. The summed E-state index contributed by atoms with van der Waals surface area (Å²) >= 11 is 1.11. The zero-order chi connectivity index (χ0) is 27.9. The second-order valence-electron chi connectivity index (χ2n) is 8.80. The van der Waals surface area contributed by atoms with Crippen LogP contribution in [0.1, 0.15) is 43.9 Å². The number of carbonyl (C=O) groups excluding carboxylic acids is 1. The van der Waals surface area contributed by atoms with Crippen molar-refractivity contribution in [2.45, 2.75) is 32.7 Å². The number of fused-ring (bicyclic) bond motifs is 1. The van der Waals surface area contributed by atoms with Gasteiger partial charge >= 0.3 is 5.97 Å². The van der Waals surface area contributed by atoms with Gasteiger partial charge in [-0.15, -0.1) is 0 Å². The van der Waals surface area contributed by atoms with Crippen LogP contribution in [-0.2, 0) is 14.3 Å². The molecule has 2 heterocycles.